The minimum atomic E-state index is -0.356. The number of rotatable bonds is 5. The van der Waals surface area contributed by atoms with Crippen LogP contribution < -0.4 is 10.1 Å². The van der Waals surface area contributed by atoms with Crippen LogP contribution >= 0.6 is 11.6 Å². The Labute approximate surface area is 161 Å². The molecule has 2 aromatic carbocycles. The summed E-state index contributed by atoms with van der Waals surface area (Å²) >= 11 is 6.01. The summed E-state index contributed by atoms with van der Waals surface area (Å²) in [6.07, 6.45) is 0. The van der Waals surface area contributed by atoms with E-state index in [0.29, 0.717) is 33.3 Å². The Morgan fingerprint density at radius 1 is 1.26 bits per heavy atom. The van der Waals surface area contributed by atoms with Gasteiger partial charge >= 0.3 is 0 Å². The lowest BCUT2D eigenvalue weighted by atomic mass is 10.1. The fourth-order valence-corrected chi connectivity index (χ4v) is 3.03. The van der Waals surface area contributed by atoms with Gasteiger partial charge in [-0.2, -0.15) is 5.10 Å². The van der Waals surface area contributed by atoms with Gasteiger partial charge in [-0.05, 0) is 38.1 Å². The number of amides is 1. The molecule has 0 aliphatic heterocycles. The van der Waals surface area contributed by atoms with E-state index in [1.165, 1.54) is 13.2 Å². The summed E-state index contributed by atoms with van der Waals surface area (Å²) in [5.41, 5.74) is 2.80. The molecule has 0 saturated heterocycles. The van der Waals surface area contributed by atoms with Crippen LogP contribution in [-0.4, -0.2) is 22.8 Å². The van der Waals surface area contributed by atoms with Crippen LogP contribution in [0.2, 0.25) is 5.02 Å². The van der Waals surface area contributed by atoms with Gasteiger partial charge in [0, 0.05) is 10.6 Å². The van der Waals surface area contributed by atoms with Crippen LogP contribution in [0.5, 0.6) is 5.75 Å². The van der Waals surface area contributed by atoms with Crippen LogP contribution in [0.4, 0.5) is 10.1 Å². The predicted molar refractivity (Wildman–Crippen MR) is 103 cm³/mol. The van der Waals surface area contributed by atoms with Gasteiger partial charge in [0.1, 0.15) is 11.6 Å². The number of hydrogen-bond donors (Lipinski definition) is 1. The maximum Gasteiger partial charge on any atom is 0.259 e. The molecule has 0 aliphatic carbocycles. The second-order valence-corrected chi connectivity index (χ2v) is 6.53. The number of anilines is 1. The van der Waals surface area contributed by atoms with Crippen molar-refractivity contribution in [2.24, 2.45) is 0 Å². The zero-order chi connectivity index (χ0) is 19.6. The summed E-state index contributed by atoms with van der Waals surface area (Å²) in [6.45, 7) is 3.89. The van der Waals surface area contributed by atoms with E-state index in [4.69, 9.17) is 16.3 Å². The van der Waals surface area contributed by atoms with Crippen molar-refractivity contribution in [1.29, 1.82) is 0 Å². The number of carbonyl (C=O) groups is 1. The third-order valence-corrected chi connectivity index (χ3v) is 4.54. The average molecular weight is 388 g/mol. The van der Waals surface area contributed by atoms with Crippen molar-refractivity contribution in [3.05, 3.63) is 75.8 Å². The van der Waals surface area contributed by atoms with E-state index in [9.17, 15) is 9.18 Å². The highest BCUT2D eigenvalue weighted by Crippen LogP contribution is 2.26. The molecular formula is C20H19ClFN3O2. The van der Waals surface area contributed by atoms with Gasteiger partial charge in [0.25, 0.3) is 5.91 Å². The Balaban J connectivity index is 1.88. The summed E-state index contributed by atoms with van der Waals surface area (Å²) in [5.74, 6) is -0.226. The zero-order valence-corrected chi connectivity index (χ0v) is 16.0. The van der Waals surface area contributed by atoms with Gasteiger partial charge in [-0.1, -0.05) is 29.8 Å². The zero-order valence-electron chi connectivity index (χ0n) is 15.2. The van der Waals surface area contributed by atoms with Gasteiger partial charge < -0.3 is 10.1 Å². The Kier molecular flexibility index (Phi) is 5.46. The van der Waals surface area contributed by atoms with Crippen LogP contribution in [0.1, 0.15) is 27.3 Å². The largest absolute Gasteiger partial charge is 0.496 e. The molecule has 1 N–H and O–H groups in total. The van der Waals surface area contributed by atoms with Crippen LogP contribution in [0.15, 0.2) is 42.5 Å². The first kappa shape index (κ1) is 18.9. The number of nitrogens with zero attached hydrogens (tertiary/aromatic N) is 2. The highest BCUT2D eigenvalue weighted by molar-refractivity contribution is 6.31. The van der Waals surface area contributed by atoms with Crippen LogP contribution in [0, 0.1) is 19.7 Å². The molecule has 3 aromatic rings. The fourth-order valence-electron chi connectivity index (χ4n) is 2.86. The molecule has 0 saturated carbocycles. The Hall–Kier alpha value is -2.86. The van der Waals surface area contributed by atoms with Gasteiger partial charge in [-0.3, -0.25) is 9.48 Å². The molecule has 0 fully saturated rings. The molecule has 1 aromatic heterocycles. The van der Waals surface area contributed by atoms with Crippen LogP contribution in [0.25, 0.3) is 0 Å². The number of hydrogen-bond acceptors (Lipinski definition) is 3. The summed E-state index contributed by atoms with van der Waals surface area (Å²) < 4.78 is 20.8. The van der Waals surface area contributed by atoms with Gasteiger partial charge in [0.2, 0.25) is 0 Å². The van der Waals surface area contributed by atoms with Crippen molar-refractivity contribution in [1.82, 2.24) is 9.78 Å². The molecule has 5 nitrogen and oxygen atoms in total. The smallest absolute Gasteiger partial charge is 0.259 e. The number of halogens is 2. The highest BCUT2D eigenvalue weighted by atomic mass is 35.5. The lowest BCUT2D eigenvalue weighted by Crippen LogP contribution is -2.14. The lowest BCUT2D eigenvalue weighted by molar-refractivity contribution is 0.102. The Morgan fingerprint density at radius 3 is 2.70 bits per heavy atom. The Morgan fingerprint density at radius 2 is 2.00 bits per heavy atom. The number of nitrogens with one attached hydrogen (secondary N) is 1. The third kappa shape index (κ3) is 3.95. The SMILES string of the molecule is COc1ccc(Cl)cc1C(=O)Nc1c(C)nn(Cc2ccccc2F)c1C. The molecule has 0 unspecified atom stereocenters. The molecule has 0 bridgehead atoms. The van der Waals surface area contributed by atoms with Crippen LogP contribution in [0.3, 0.4) is 0 Å². The molecule has 7 heteroatoms. The second kappa shape index (κ2) is 7.80. The average Bonchev–Trinajstić information content (AvgIpc) is 2.91. The standard InChI is InChI=1S/C20H19ClFN3O2/c1-12-19(23-20(26)16-10-15(21)8-9-18(16)27-3)13(2)25(24-12)11-14-6-4-5-7-17(14)22/h4-10H,11H2,1-3H3,(H,23,26). The summed E-state index contributed by atoms with van der Waals surface area (Å²) in [6, 6.07) is 11.4. The van der Waals surface area contributed by atoms with Crippen molar-refractivity contribution in [2.75, 3.05) is 12.4 Å². The van der Waals surface area contributed by atoms with Gasteiger partial charge in [-0.25, -0.2) is 4.39 Å². The van der Waals surface area contributed by atoms with E-state index < -0.39 is 0 Å². The second-order valence-electron chi connectivity index (χ2n) is 6.09. The molecule has 0 spiro atoms. The third-order valence-electron chi connectivity index (χ3n) is 4.30. The summed E-state index contributed by atoms with van der Waals surface area (Å²) in [7, 11) is 1.49. The minimum absolute atomic E-state index is 0.274. The first-order valence-electron chi connectivity index (χ1n) is 8.33. The van der Waals surface area contributed by atoms with Crippen molar-refractivity contribution in [3.8, 4) is 5.75 Å². The topological polar surface area (TPSA) is 56.1 Å². The van der Waals surface area contributed by atoms with Crippen molar-refractivity contribution >= 4 is 23.2 Å². The lowest BCUT2D eigenvalue weighted by Gasteiger charge is -2.10. The van der Waals surface area contributed by atoms with E-state index in [2.05, 4.69) is 10.4 Å². The molecule has 3 rings (SSSR count). The molecule has 0 atom stereocenters. The number of aryl methyl sites for hydroxylation is 1. The van der Waals surface area contributed by atoms with Crippen molar-refractivity contribution < 1.29 is 13.9 Å². The van der Waals surface area contributed by atoms with E-state index in [0.717, 1.165) is 5.69 Å². The predicted octanol–water partition coefficient (Wildman–Crippen LogP) is 4.60. The molecule has 1 heterocycles. The molecule has 1 amide bonds. The quantitative estimate of drug-likeness (QED) is 0.696. The van der Waals surface area contributed by atoms with Gasteiger partial charge in [0.15, 0.2) is 0 Å². The number of benzene rings is 2. The number of ether oxygens (including phenoxy) is 1. The molecule has 0 radical (unpaired) electrons. The Bertz CT molecular complexity index is 1000. The normalized spacial score (nSPS) is 10.7. The summed E-state index contributed by atoms with van der Waals surface area (Å²) in [4.78, 5) is 12.7. The fraction of sp³-hybridized carbons (Fsp3) is 0.200. The first-order chi connectivity index (χ1) is 12.9. The molecule has 27 heavy (non-hydrogen) atoms. The molecule has 140 valence electrons. The molecule has 0 aliphatic rings. The highest BCUT2D eigenvalue weighted by Gasteiger charge is 2.19. The maximum atomic E-state index is 13.9. The van der Waals surface area contributed by atoms with Gasteiger partial charge in [0.05, 0.1) is 36.3 Å². The maximum absolute atomic E-state index is 13.9. The first-order valence-corrected chi connectivity index (χ1v) is 8.70. The summed E-state index contributed by atoms with van der Waals surface area (Å²) in [5, 5.41) is 7.73. The number of aromatic nitrogens is 2. The number of methoxy groups -OCH3 is 1. The van der Waals surface area contributed by atoms with Gasteiger partial charge in [-0.15, -0.1) is 0 Å². The monoisotopic (exact) mass is 387 g/mol. The van der Waals surface area contributed by atoms with Crippen molar-refractivity contribution in [3.63, 3.8) is 0 Å². The minimum Gasteiger partial charge on any atom is -0.496 e. The number of carbonyl (C=O) groups excluding carboxylic acids is 1. The van der Waals surface area contributed by atoms with Crippen molar-refractivity contribution in [2.45, 2.75) is 20.4 Å². The van der Waals surface area contributed by atoms with E-state index in [1.54, 1.807) is 48.0 Å². The molecular weight excluding hydrogens is 369 g/mol. The van der Waals surface area contributed by atoms with E-state index in [-0.39, 0.29) is 18.3 Å². The van der Waals surface area contributed by atoms with E-state index in [1.807, 2.05) is 6.92 Å². The van der Waals surface area contributed by atoms with Crippen LogP contribution in [-0.2, 0) is 6.54 Å². The van der Waals surface area contributed by atoms with E-state index >= 15 is 0 Å².